The maximum atomic E-state index is 11.3. The predicted molar refractivity (Wildman–Crippen MR) is 72.8 cm³/mol. The Kier molecular flexibility index (Phi) is 4.31. The minimum atomic E-state index is -0.972. The number of aryl methyl sites for hydroxylation is 1. The molecule has 0 aliphatic carbocycles. The fourth-order valence-electron chi connectivity index (χ4n) is 1.81. The number of carbonyl (C=O) groups is 1. The monoisotopic (exact) mass is 256 g/mol. The summed E-state index contributed by atoms with van der Waals surface area (Å²) in [4.78, 5) is 11.3. The molecule has 0 aromatic heterocycles. The molecule has 0 bridgehead atoms. The Bertz CT molecular complexity index is 532. The highest BCUT2D eigenvalue weighted by molar-refractivity contribution is 5.74. The van der Waals surface area contributed by atoms with Crippen LogP contribution in [0, 0.1) is 6.92 Å². The van der Waals surface area contributed by atoms with E-state index in [0.29, 0.717) is 5.56 Å². The van der Waals surface area contributed by atoms with E-state index < -0.39 is 12.1 Å². The molecule has 1 unspecified atom stereocenters. The molecule has 0 spiro atoms. The molecule has 0 saturated carbocycles. The number of benzene rings is 2. The van der Waals surface area contributed by atoms with Crippen LogP contribution in [0.4, 0.5) is 0 Å². The van der Waals surface area contributed by atoms with Crippen molar-refractivity contribution in [3.63, 3.8) is 0 Å². The zero-order valence-electron chi connectivity index (χ0n) is 10.7. The molecule has 0 fully saturated rings. The molecular formula is C16H16O3. The van der Waals surface area contributed by atoms with Crippen molar-refractivity contribution < 1.29 is 14.6 Å². The van der Waals surface area contributed by atoms with E-state index in [1.807, 2.05) is 49.4 Å². The molecule has 98 valence electrons. The quantitative estimate of drug-likeness (QED) is 0.892. The first kappa shape index (κ1) is 13.3. The maximum absolute atomic E-state index is 11.3. The average molecular weight is 256 g/mol. The minimum absolute atomic E-state index is 0.283. The summed E-state index contributed by atoms with van der Waals surface area (Å²) in [7, 11) is 0. The number of carboxylic acid groups (broad SMARTS) is 1. The molecule has 19 heavy (non-hydrogen) atoms. The first-order chi connectivity index (χ1) is 9.16. The van der Waals surface area contributed by atoms with Crippen molar-refractivity contribution in [3.8, 4) is 0 Å². The standard InChI is InChI=1S/C16H16O3/c1-12-7-9-14(10-8-12)15(16(17)18)19-11-13-5-3-2-4-6-13/h2-10,15H,11H2,1H3,(H,17,18). The number of hydrogen-bond acceptors (Lipinski definition) is 2. The van der Waals surface area contributed by atoms with E-state index in [0.717, 1.165) is 11.1 Å². The summed E-state index contributed by atoms with van der Waals surface area (Å²) in [6.45, 7) is 2.25. The van der Waals surface area contributed by atoms with Gasteiger partial charge in [0.1, 0.15) is 0 Å². The number of rotatable bonds is 5. The van der Waals surface area contributed by atoms with E-state index in [-0.39, 0.29) is 6.61 Å². The van der Waals surface area contributed by atoms with Crippen molar-refractivity contribution in [2.24, 2.45) is 0 Å². The van der Waals surface area contributed by atoms with Gasteiger partial charge in [-0.25, -0.2) is 4.79 Å². The SMILES string of the molecule is Cc1ccc(C(OCc2ccccc2)C(=O)O)cc1. The van der Waals surface area contributed by atoms with Crippen molar-refractivity contribution in [3.05, 3.63) is 71.3 Å². The molecule has 1 atom stereocenters. The molecule has 0 amide bonds. The van der Waals surface area contributed by atoms with E-state index in [2.05, 4.69) is 0 Å². The smallest absolute Gasteiger partial charge is 0.337 e. The van der Waals surface area contributed by atoms with Crippen LogP contribution in [0.15, 0.2) is 54.6 Å². The summed E-state index contributed by atoms with van der Waals surface area (Å²) in [6, 6.07) is 16.9. The summed E-state index contributed by atoms with van der Waals surface area (Å²) in [5, 5.41) is 9.25. The zero-order chi connectivity index (χ0) is 13.7. The van der Waals surface area contributed by atoms with Crippen LogP contribution in [0.2, 0.25) is 0 Å². The van der Waals surface area contributed by atoms with Crippen LogP contribution in [-0.2, 0) is 16.1 Å². The predicted octanol–water partition coefficient (Wildman–Crippen LogP) is 3.34. The lowest BCUT2D eigenvalue weighted by atomic mass is 10.1. The lowest BCUT2D eigenvalue weighted by Gasteiger charge is -2.14. The third-order valence-corrected chi connectivity index (χ3v) is 2.86. The van der Waals surface area contributed by atoms with E-state index in [9.17, 15) is 9.90 Å². The largest absolute Gasteiger partial charge is 0.479 e. The van der Waals surface area contributed by atoms with Crippen molar-refractivity contribution in [1.82, 2.24) is 0 Å². The molecular weight excluding hydrogens is 240 g/mol. The van der Waals surface area contributed by atoms with Gasteiger partial charge in [0.05, 0.1) is 6.61 Å². The van der Waals surface area contributed by atoms with Crippen LogP contribution < -0.4 is 0 Å². The average Bonchev–Trinajstić information content (AvgIpc) is 2.42. The Labute approximate surface area is 112 Å². The normalized spacial score (nSPS) is 12.1. The Hall–Kier alpha value is -2.13. The van der Waals surface area contributed by atoms with E-state index in [4.69, 9.17) is 4.74 Å². The van der Waals surface area contributed by atoms with E-state index in [1.54, 1.807) is 12.1 Å². The number of aliphatic carboxylic acids is 1. The Balaban J connectivity index is 2.09. The number of ether oxygens (including phenoxy) is 1. The van der Waals surface area contributed by atoms with Crippen molar-refractivity contribution in [2.75, 3.05) is 0 Å². The molecule has 2 aromatic carbocycles. The van der Waals surface area contributed by atoms with Gasteiger partial charge in [0, 0.05) is 0 Å². The van der Waals surface area contributed by atoms with Crippen LogP contribution in [0.3, 0.4) is 0 Å². The van der Waals surface area contributed by atoms with Crippen molar-refractivity contribution in [2.45, 2.75) is 19.6 Å². The van der Waals surface area contributed by atoms with Gasteiger partial charge in [0.2, 0.25) is 0 Å². The lowest BCUT2D eigenvalue weighted by molar-refractivity contribution is -0.151. The molecule has 0 radical (unpaired) electrons. The minimum Gasteiger partial charge on any atom is -0.479 e. The van der Waals surface area contributed by atoms with Gasteiger partial charge in [-0.15, -0.1) is 0 Å². The first-order valence-electron chi connectivity index (χ1n) is 6.12. The molecule has 1 N–H and O–H groups in total. The second-order valence-corrected chi connectivity index (χ2v) is 4.43. The van der Waals surface area contributed by atoms with Crippen LogP contribution >= 0.6 is 0 Å². The highest BCUT2D eigenvalue weighted by atomic mass is 16.5. The molecule has 0 aliphatic heterocycles. The lowest BCUT2D eigenvalue weighted by Crippen LogP contribution is -2.15. The molecule has 0 saturated heterocycles. The van der Waals surface area contributed by atoms with E-state index >= 15 is 0 Å². The summed E-state index contributed by atoms with van der Waals surface area (Å²) in [5.41, 5.74) is 2.71. The fraction of sp³-hybridized carbons (Fsp3) is 0.188. The van der Waals surface area contributed by atoms with Gasteiger partial charge in [0.15, 0.2) is 6.10 Å². The highest BCUT2D eigenvalue weighted by Gasteiger charge is 2.20. The van der Waals surface area contributed by atoms with Crippen molar-refractivity contribution in [1.29, 1.82) is 0 Å². The molecule has 0 aliphatic rings. The highest BCUT2D eigenvalue weighted by Crippen LogP contribution is 2.20. The summed E-state index contributed by atoms with van der Waals surface area (Å²) >= 11 is 0. The second-order valence-electron chi connectivity index (χ2n) is 4.43. The van der Waals surface area contributed by atoms with Gasteiger partial charge < -0.3 is 9.84 Å². The summed E-state index contributed by atoms with van der Waals surface area (Å²) < 4.78 is 5.52. The zero-order valence-corrected chi connectivity index (χ0v) is 10.7. The molecule has 3 heteroatoms. The third kappa shape index (κ3) is 3.66. The Morgan fingerprint density at radius 2 is 1.74 bits per heavy atom. The molecule has 2 aromatic rings. The van der Waals surface area contributed by atoms with Crippen LogP contribution in [0.25, 0.3) is 0 Å². The summed E-state index contributed by atoms with van der Waals surface area (Å²) in [5.74, 6) is -0.972. The van der Waals surface area contributed by atoms with Gasteiger partial charge >= 0.3 is 5.97 Å². The van der Waals surface area contributed by atoms with Gasteiger partial charge in [-0.1, -0.05) is 60.2 Å². The molecule has 3 nitrogen and oxygen atoms in total. The summed E-state index contributed by atoms with van der Waals surface area (Å²) in [6.07, 6.45) is -0.930. The molecule has 0 heterocycles. The number of carboxylic acids is 1. The number of hydrogen-bond donors (Lipinski definition) is 1. The van der Waals surface area contributed by atoms with E-state index in [1.165, 1.54) is 0 Å². The first-order valence-corrected chi connectivity index (χ1v) is 6.12. The van der Waals surface area contributed by atoms with Crippen molar-refractivity contribution >= 4 is 5.97 Å². The Morgan fingerprint density at radius 3 is 2.32 bits per heavy atom. The van der Waals surface area contributed by atoms with Gasteiger partial charge in [0.25, 0.3) is 0 Å². The maximum Gasteiger partial charge on any atom is 0.337 e. The van der Waals surface area contributed by atoms with Crippen LogP contribution in [-0.4, -0.2) is 11.1 Å². The Morgan fingerprint density at radius 1 is 1.11 bits per heavy atom. The van der Waals surface area contributed by atoms with Crippen LogP contribution in [0.5, 0.6) is 0 Å². The van der Waals surface area contributed by atoms with Gasteiger partial charge in [-0.2, -0.15) is 0 Å². The topological polar surface area (TPSA) is 46.5 Å². The van der Waals surface area contributed by atoms with Gasteiger partial charge in [-0.3, -0.25) is 0 Å². The van der Waals surface area contributed by atoms with Crippen LogP contribution in [0.1, 0.15) is 22.8 Å². The second kappa shape index (κ2) is 6.16. The fourth-order valence-corrected chi connectivity index (χ4v) is 1.81. The molecule has 2 rings (SSSR count). The third-order valence-electron chi connectivity index (χ3n) is 2.86. The van der Waals surface area contributed by atoms with Gasteiger partial charge in [-0.05, 0) is 18.1 Å².